The van der Waals surface area contributed by atoms with Crippen LogP contribution in [0.3, 0.4) is 0 Å². The van der Waals surface area contributed by atoms with Crippen molar-refractivity contribution in [1.82, 2.24) is 0 Å². The van der Waals surface area contributed by atoms with Gasteiger partial charge in [0, 0.05) is 26.4 Å². The van der Waals surface area contributed by atoms with Gasteiger partial charge in [-0.25, -0.2) is 0 Å². The number of hydrogen-bond donors (Lipinski definition) is 0. The van der Waals surface area contributed by atoms with E-state index in [1.54, 1.807) is 0 Å². The van der Waals surface area contributed by atoms with E-state index in [4.69, 9.17) is 14.2 Å². The predicted molar refractivity (Wildman–Crippen MR) is 114 cm³/mol. The molecule has 0 aromatic heterocycles. The Morgan fingerprint density at radius 1 is 0.815 bits per heavy atom. The molecule has 27 heavy (non-hydrogen) atoms. The van der Waals surface area contributed by atoms with E-state index in [1.165, 1.54) is 16.8 Å². The van der Waals surface area contributed by atoms with Crippen LogP contribution in [-0.4, -0.2) is 47.1 Å². The minimum absolute atomic E-state index is 0.540. The Balaban J connectivity index is 1.79. The first-order valence-corrected chi connectivity index (χ1v) is 9.44. The molecule has 0 unspecified atom stereocenters. The van der Waals surface area contributed by atoms with Crippen molar-refractivity contribution in [2.24, 2.45) is 0 Å². The first-order chi connectivity index (χ1) is 13.1. The molecule has 4 nitrogen and oxygen atoms in total. The Morgan fingerprint density at radius 2 is 1.44 bits per heavy atom. The Hall–Kier alpha value is -2.30. The molecule has 0 saturated heterocycles. The molecule has 2 aromatic rings. The van der Waals surface area contributed by atoms with Crippen molar-refractivity contribution in [3.8, 4) is 5.75 Å². The molecule has 2 rings (SSSR count). The van der Waals surface area contributed by atoms with Gasteiger partial charge in [-0.05, 0) is 54.8 Å². The van der Waals surface area contributed by atoms with Crippen LogP contribution in [0.5, 0.6) is 5.75 Å². The van der Waals surface area contributed by atoms with Crippen LogP contribution in [0.15, 0.2) is 42.5 Å². The maximum absolute atomic E-state index is 5.69. The maximum atomic E-state index is 5.69. The zero-order valence-electron chi connectivity index (χ0n) is 16.9. The monoisotopic (exact) mass is 369 g/mol. The standard InChI is InChI=1S/C23H31NO3/c1-5-25-14-15-26-16-17-27-22-11-8-20(9-12-22)6-7-21-10-13-23(24(3)4)19(2)18-21/h6-13,18H,5,14-17H2,1-4H3/b7-6+. The predicted octanol–water partition coefficient (Wildman–Crippen LogP) is 4.66. The second-order valence-corrected chi connectivity index (χ2v) is 6.50. The highest BCUT2D eigenvalue weighted by molar-refractivity contribution is 5.71. The number of ether oxygens (including phenoxy) is 3. The third-order valence-corrected chi connectivity index (χ3v) is 4.12. The summed E-state index contributed by atoms with van der Waals surface area (Å²) in [6.07, 6.45) is 4.25. The molecule has 0 spiro atoms. The van der Waals surface area contributed by atoms with E-state index in [9.17, 15) is 0 Å². The largest absolute Gasteiger partial charge is 0.491 e. The van der Waals surface area contributed by atoms with E-state index in [1.807, 2.05) is 19.1 Å². The van der Waals surface area contributed by atoms with Crippen molar-refractivity contribution < 1.29 is 14.2 Å². The van der Waals surface area contributed by atoms with Gasteiger partial charge in [0.25, 0.3) is 0 Å². The summed E-state index contributed by atoms with van der Waals surface area (Å²) < 4.78 is 16.3. The maximum Gasteiger partial charge on any atom is 0.119 e. The molecule has 0 heterocycles. The van der Waals surface area contributed by atoms with E-state index in [-0.39, 0.29) is 0 Å². The Morgan fingerprint density at radius 3 is 2.11 bits per heavy atom. The molecular formula is C23H31NO3. The number of aryl methyl sites for hydroxylation is 1. The second-order valence-electron chi connectivity index (χ2n) is 6.50. The van der Waals surface area contributed by atoms with Crippen LogP contribution < -0.4 is 9.64 Å². The molecule has 4 heteroatoms. The highest BCUT2D eigenvalue weighted by Crippen LogP contribution is 2.21. The average molecular weight is 370 g/mol. The summed E-state index contributed by atoms with van der Waals surface area (Å²) >= 11 is 0. The van der Waals surface area contributed by atoms with Crippen LogP contribution in [0.25, 0.3) is 12.2 Å². The minimum Gasteiger partial charge on any atom is -0.491 e. The average Bonchev–Trinajstić information content (AvgIpc) is 2.66. The van der Waals surface area contributed by atoms with Gasteiger partial charge in [0.15, 0.2) is 0 Å². The van der Waals surface area contributed by atoms with Crippen LogP contribution in [0.2, 0.25) is 0 Å². The fourth-order valence-electron chi connectivity index (χ4n) is 2.73. The fraction of sp³-hybridized carbons (Fsp3) is 0.391. The topological polar surface area (TPSA) is 30.9 Å². The summed E-state index contributed by atoms with van der Waals surface area (Å²) in [6.45, 7) is 7.19. The number of hydrogen-bond acceptors (Lipinski definition) is 4. The van der Waals surface area contributed by atoms with Gasteiger partial charge in [0.2, 0.25) is 0 Å². The summed E-state index contributed by atoms with van der Waals surface area (Å²) in [5, 5.41) is 0. The van der Waals surface area contributed by atoms with Gasteiger partial charge in [0.05, 0.1) is 19.8 Å². The van der Waals surface area contributed by atoms with Crippen LogP contribution in [0.4, 0.5) is 5.69 Å². The summed E-state index contributed by atoms with van der Waals surface area (Å²) in [5.41, 5.74) is 4.86. The smallest absolute Gasteiger partial charge is 0.119 e. The van der Waals surface area contributed by atoms with Gasteiger partial charge < -0.3 is 19.1 Å². The van der Waals surface area contributed by atoms with E-state index in [2.05, 4.69) is 68.4 Å². The third-order valence-electron chi connectivity index (χ3n) is 4.12. The molecule has 0 atom stereocenters. The molecule has 0 fully saturated rings. The third kappa shape index (κ3) is 7.45. The van der Waals surface area contributed by atoms with Crippen molar-refractivity contribution >= 4 is 17.8 Å². The Kier molecular flexibility index (Phi) is 8.89. The lowest BCUT2D eigenvalue weighted by Crippen LogP contribution is -2.10. The number of anilines is 1. The molecule has 2 aromatic carbocycles. The molecular weight excluding hydrogens is 338 g/mol. The van der Waals surface area contributed by atoms with Crippen molar-refractivity contribution in [1.29, 1.82) is 0 Å². The molecule has 146 valence electrons. The molecule has 0 N–H and O–H groups in total. The highest BCUT2D eigenvalue weighted by Gasteiger charge is 2.00. The first kappa shape index (κ1) is 21.0. The van der Waals surface area contributed by atoms with Crippen molar-refractivity contribution in [3.05, 3.63) is 59.2 Å². The normalized spacial score (nSPS) is 11.1. The summed E-state index contributed by atoms with van der Waals surface area (Å²) in [5.74, 6) is 0.853. The van der Waals surface area contributed by atoms with E-state index < -0.39 is 0 Å². The number of benzene rings is 2. The minimum atomic E-state index is 0.540. The molecule has 0 saturated carbocycles. The van der Waals surface area contributed by atoms with E-state index in [0.717, 1.165) is 17.9 Å². The molecule has 0 radical (unpaired) electrons. The van der Waals surface area contributed by atoms with Gasteiger partial charge in [-0.1, -0.05) is 30.4 Å². The lowest BCUT2D eigenvalue weighted by molar-refractivity contribution is 0.0405. The van der Waals surface area contributed by atoms with Crippen LogP contribution in [0.1, 0.15) is 23.6 Å². The van der Waals surface area contributed by atoms with Crippen molar-refractivity contribution in [2.45, 2.75) is 13.8 Å². The van der Waals surface area contributed by atoms with Crippen LogP contribution in [-0.2, 0) is 9.47 Å². The number of nitrogens with zero attached hydrogens (tertiary/aromatic N) is 1. The zero-order valence-corrected chi connectivity index (χ0v) is 16.9. The Labute approximate surface area is 163 Å². The highest BCUT2D eigenvalue weighted by atomic mass is 16.5. The van der Waals surface area contributed by atoms with Crippen molar-refractivity contribution in [3.63, 3.8) is 0 Å². The van der Waals surface area contributed by atoms with Crippen molar-refractivity contribution in [2.75, 3.05) is 52.0 Å². The molecule has 0 bridgehead atoms. The second kappa shape index (κ2) is 11.4. The molecule has 0 aliphatic carbocycles. The van der Waals surface area contributed by atoms with Gasteiger partial charge >= 0.3 is 0 Å². The fourth-order valence-corrected chi connectivity index (χ4v) is 2.73. The van der Waals surface area contributed by atoms with E-state index >= 15 is 0 Å². The van der Waals surface area contributed by atoms with E-state index in [0.29, 0.717) is 26.4 Å². The quantitative estimate of drug-likeness (QED) is 0.426. The molecule has 0 aliphatic rings. The SMILES string of the molecule is CCOCCOCCOc1ccc(/C=C/c2ccc(N(C)C)c(C)c2)cc1. The lowest BCUT2D eigenvalue weighted by atomic mass is 10.1. The lowest BCUT2D eigenvalue weighted by Gasteiger charge is -2.15. The summed E-state index contributed by atoms with van der Waals surface area (Å²) in [7, 11) is 4.13. The van der Waals surface area contributed by atoms with Gasteiger partial charge in [-0.2, -0.15) is 0 Å². The number of rotatable bonds is 11. The van der Waals surface area contributed by atoms with Crippen LogP contribution in [0, 0.1) is 6.92 Å². The van der Waals surface area contributed by atoms with Gasteiger partial charge in [-0.15, -0.1) is 0 Å². The summed E-state index contributed by atoms with van der Waals surface area (Å²) in [6, 6.07) is 14.6. The first-order valence-electron chi connectivity index (χ1n) is 9.44. The molecule has 0 aliphatic heterocycles. The Bertz CT molecular complexity index is 708. The molecule has 0 amide bonds. The zero-order chi connectivity index (χ0) is 19.5. The van der Waals surface area contributed by atoms with Crippen LogP contribution >= 0.6 is 0 Å². The van der Waals surface area contributed by atoms with Gasteiger partial charge in [-0.3, -0.25) is 0 Å². The summed E-state index contributed by atoms with van der Waals surface area (Å²) in [4.78, 5) is 2.13. The van der Waals surface area contributed by atoms with Gasteiger partial charge in [0.1, 0.15) is 12.4 Å².